The number of hydrogen-bond donors (Lipinski definition) is 1. The minimum absolute atomic E-state index is 0.213. The summed E-state index contributed by atoms with van der Waals surface area (Å²) in [6, 6.07) is 0.286. The van der Waals surface area contributed by atoms with Gasteiger partial charge in [-0.3, -0.25) is 9.69 Å². The van der Waals surface area contributed by atoms with Gasteiger partial charge in [-0.15, -0.1) is 0 Å². The molecule has 6 nitrogen and oxygen atoms in total. The summed E-state index contributed by atoms with van der Waals surface area (Å²) in [6.07, 6.45) is 1.55. The Labute approximate surface area is 93.9 Å². The molecule has 0 atom stereocenters. The Kier molecular flexibility index (Phi) is 2.91. The van der Waals surface area contributed by atoms with Crippen molar-refractivity contribution >= 4 is 5.97 Å². The first kappa shape index (κ1) is 11.1. The van der Waals surface area contributed by atoms with Crippen LogP contribution in [0.5, 0.6) is 0 Å². The molecule has 1 aromatic heterocycles. The topological polar surface area (TPSA) is 71.2 Å². The van der Waals surface area contributed by atoms with Gasteiger partial charge in [0.1, 0.15) is 12.2 Å². The molecule has 1 aliphatic rings. The van der Waals surface area contributed by atoms with Crippen LogP contribution in [0.2, 0.25) is 0 Å². The molecule has 1 aromatic rings. The molecule has 0 aliphatic carbocycles. The molecule has 16 heavy (non-hydrogen) atoms. The molecule has 6 heteroatoms. The van der Waals surface area contributed by atoms with Crippen LogP contribution in [0.3, 0.4) is 0 Å². The van der Waals surface area contributed by atoms with Crippen molar-refractivity contribution in [2.24, 2.45) is 5.92 Å². The number of aromatic nitrogens is 3. The summed E-state index contributed by atoms with van der Waals surface area (Å²) in [5.41, 5.74) is 0. The van der Waals surface area contributed by atoms with E-state index < -0.39 is 5.97 Å². The Morgan fingerprint density at radius 3 is 2.88 bits per heavy atom. The molecule has 0 amide bonds. The van der Waals surface area contributed by atoms with Gasteiger partial charge in [0.2, 0.25) is 0 Å². The Hall–Kier alpha value is -1.43. The fourth-order valence-electron chi connectivity index (χ4n) is 1.87. The van der Waals surface area contributed by atoms with Gasteiger partial charge in [-0.2, -0.15) is 5.10 Å². The average molecular weight is 224 g/mol. The van der Waals surface area contributed by atoms with E-state index in [0.29, 0.717) is 19.6 Å². The van der Waals surface area contributed by atoms with Crippen LogP contribution in [0.1, 0.15) is 25.7 Å². The van der Waals surface area contributed by atoms with Crippen LogP contribution in [0, 0.1) is 5.92 Å². The molecule has 0 saturated carbocycles. The van der Waals surface area contributed by atoms with Crippen LogP contribution < -0.4 is 0 Å². The Bertz CT molecular complexity index is 382. The molecule has 0 bridgehead atoms. The molecular formula is C10H16N4O2. The van der Waals surface area contributed by atoms with Crippen molar-refractivity contribution in [3.05, 3.63) is 12.2 Å². The molecule has 0 radical (unpaired) electrons. The number of nitrogens with zero attached hydrogens (tertiary/aromatic N) is 4. The zero-order valence-electron chi connectivity index (χ0n) is 9.50. The molecule has 2 heterocycles. The SMILES string of the molecule is CC(C)n1ncnc1CN1CC(C(=O)O)C1. The highest BCUT2D eigenvalue weighted by Gasteiger charge is 2.33. The fraction of sp³-hybridized carbons (Fsp3) is 0.700. The van der Waals surface area contributed by atoms with Crippen LogP contribution in [0.4, 0.5) is 0 Å². The summed E-state index contributed by atoms with van der Waals surface area (Å²) in [6.45, 7) is 6.01. The summed E-state index contributed by atoms with van der Waals surface area (Å²) in [4.78, 5) is 16.9. The molecule has 2 rings (SSSR count). The third-order valence-corrected chi connectivity index (χ3v) is 2.81. The third kappa shape index (κ3) is 2.06. The second kappa shape index (κ2) is 4.21. The van der Waals surface area contributed by atoms with Crippen molar-refractivity contribution in [2.75, 3.05) is 13.1 Å². The minimum Gasteiger partial charge on any atom is -0.481 e. The largest absolute Gasteiger partial charge is 0.481 e. The number of carbonyl (C=O) groups is 1. The van der Waals surface area contributed by atoms with Gasteiger partial charge in [0.05, 0.1) is 12.5 Å². The summed E-state index contributed by atoms with van der Waals surface area (Å²) >= 11 is 0. The summed E-state index contributed by atoms with van der Waals surface area (Å²) < 4.78 is 1.87. The van der Waals surface area contributed by atoms with E-state index in [4.69, 9.17) is 5.11 Å². The van der Waals surface area contributed by atoms with Crippen molar-refractivity contribution in [3.63, 3.8) is 0 Å². The zero-order valence-corrected chi connectivity index (χ0v) is 9.50. The summed E-state index contributed by atoms with van der Waals surface area (Å²) in [5, 5.41) is 12.9. The van der Waals surface area contributed by atoms with E-state index in [0.717, 1.165) is 5.82 Å². The van der Waals surface area contributed by atoms with Crippen molar-refractivity contribution in [1.29, 1.82) is 0 Å². The average Bonchev–Trinajstić information content (AvgIpc) is 2.57. The van der Waals surface area contributed by atoms with E-state index in [-0.39, 0.29) is 12.0 Å². The molecule has 88 valence electrons. The first-order valence-electron chi connectivity index (χ1n) is 5.41. The Morgan fingerprint density at radius 1 is 1.62 bits per heavy atom. The van der Waals surface area contributed by atoms with Crippen LogP contribution in [0.25, 0.3) is 0 Å². The number of carboxylic acids is 1. The maximum Gasteiger partial charge on any atom is 0.309 e. The lowest BCUT2D eigenvalue weighted by Crippen LogP contribution is -2.49. The zero-order chi connectivity index (χ0) is 11.7. The van der Waals surface area contributed by atoms with Gasteiger partial charge in [0.25, 0.3) is 0 Å². The van der Waals surface area contributed by atoms with Crippen LogP contribution >= 0.6 is 0 Å². The smallest absolute Gasteiger partial charge is 0.309 e. The van der Waals surface area contributed by atoms with Gasteiger partial charge in [-0.05, 0) is 13.8 Å². The van der Waals surface area contributed by atoms with E-state index in [9.17, 15) is 4.79 Å². The van der Waals surface area contributed by atoms with Gasteiger partial charge >= 0.3 is 5.97 Å². The predicted octanol–water partition coefficient (Wildman–Crippen LogP) is 0.375. The summed E-state index contributed by atoms with van der Waals surface area (Å²) in [5.74, 6) is -0.0177. The number of aliphatic carboxylic acids is 1. The molecule has 1 saturated heterocycles. The Morgan fingerprint density at radius 2 is 2.31 bits per heavy atom. The number of rotatable bonds is 4. The quantitative estimate of drug-likeness (QED) is 0.800. The highest BCUT2D eigenvalue weighted by atomic mass is 16.4. The monoisotopic (exact) mass is 224 g/mol. The van der Waals surface area contributed by atoms with Crippen molar-refractivity contribution in [1.82, 2.24) is 19.7 Å². The molecule has 0 spiro atoms. The van der Waals surface area contributed by atoms with E-state index in [1.165, 1.54) is 0 Å². The molecule has 0 unspecified atom stereocenters. The van der Waals surface area contributed by atoms with Crippen molar-refractivity contribution < 1.29 is 9.90 Å². The van der Waals surface area contributed by atoms with Gasteiger partial charge in [0.15, 0.2) is 0 Å². The van der Waals surface area contributed by atoms with Gasteiger partial charge < -0.3 is 5.11 Å². The molecule has 1 N–H and O–H groups in total. The normalized spacial score (nSPS) is 17.7. The molecule has 0 aromatic carbocycles. The van der Waals surface area contributed by atoms with Gasteiger partial charge in [-0.25, -0.2) is 9.67 Å². The van der Waals surface area contributed by atoms with Gasteiger partial charge in [0, 0.05) is 19.1 Å². The van der Waals surface area contributed by atoms with Crippen molar-refractivity contribution in [3.8, 4) is 0 Å². The standard InChI is InChI=1S/C10H16N4O2/c1-7(2)14-9(11-6-12-14)5-13-3-8(4-13)10(15)16/h6-8H,3-5H2,1-2H3,(H,15,16). The lowest BCUT2D eigenvalue weighted by molar-refractivity contribution is -0.147. The van der Waals surface area contributed by atoms with E-state index >= 15 is 0 Å². The number of hydrogen-bond acceptors (Lipinski definition) is 4. The maximum atomic E-state index is 10.6. The first-order valence-corrected chi connectivity index (χ1v) is 5.41. The highest BCUT2D eigenvalue weighted by Crippen LogP contribution is 2.18. The minimum atomic E-state index is -0.707. The lowest BCUT2D eigenvalue weighted by atomic mass is 10.0. The molecule has 1 aliphatic heterocycles. The van der Waals surface area contributed by atoms with Crippen LogP contribution in [-0.2, 0) is 11.3 Å². The first-order chi connectivity index (χ1) is 7.58. The highest BCUT2D eigenvalue weighted by molar-refractivity contribution is 5.71. The second-order valence-electron chi connectivity index (χ2n) is 4.44. The fourth-order valence-corrected chi connectivity index (χ4v) is 1.87. The van der Waals surface area contributed by atoms with Crippen molar-refractivity contribution in [2.45, 2.75) is 26.4 Å². The maximum absolute atomic E-state index is 10.6. The molecule has 1 fully saturated rings. The van der Waals surface area contributed by atoms with E-state index in [1.54, 1.807) is 6.33 Å². The van der Waals surface area contributed by atoms with E-state index in [1.807, 2.05) is 18.5 Å². The van der Waals surface area contributed by atoms with Crippen LogP contribution in [-0.4, -0.2) is 43.8 Å². The molecular weight excluding hydrogens is 208 g/mol. The number of likely N-dealkylation sites (tertiary alicyclic amines) is 1. The Balaban J connectivity index is 1.91. The van der Waals surface area contributed by atoms with Gasteiger partial charge in [-0.1, -0.05) is 0 Å². The van der Waals surface area contributed by atoms with E-state index in [2.05, 4.69) is 15.0 Å². The lowest BCUT2D eigenvalue weighted by Gasteiger charge is -2.36. The number of carboxylic acid groups (broad SMARTS) is 1. The predicted molar refractivity (Wildman–Crippen MR) is 56.8 cm³/mol. The second-order valence-corrected chi connectivity index (χ2v) is 4.44. The third-order valence-electron chi connectivity index (χ3n) is 2.81. The summed E-state index contributed by atoms with van der Waals surface area (Å²) in [7, 11) is 0. The van der Waals surface area contributed by atoms with Crippen LogP contribution in [0.15, 0.2) is 6.33 Å².